The average molecular weight is 239 g/mol. The van der Waals surface area contributed by atoms with Gasteiger partial charge in [-0.15, -0.1) is 0 Å². The highest BCUT2D eigenvalue weighted by Gasteiger charge is 1.99. The van der Waals surface area contributed by atoms with Crippen molar-refractivity contribution in [3.63, 3.8) is 0 Å². The highest BCUT2D eigenvalue weighted by Crippen LogP contribution is 2.09. The number of ether oxygens (including phenoxy) is 1. The number of nitrogens with one attached hydrogen (secondary N) is 1. The number of hydrogen-bond donors (Lipinski definition) is 1. The van der Waals surface area contributed by atoms with Gasteiger partial charge in [0.2, 0.25) is 5.91 Å². The summed E-state index contributed by atoms with van der Waals surface area (Å²) in [5, 5.41) is 2.76. The monoisotopic (exact) mass is 239 g/mol. The lowest BCUT2D eigenvalue weighted by Crippen LogP contribution is -2.18. The van der Waals surface area contributed by atoms with Crippen molar-refractivity contribution >= 4 is 5.91 Å². The first-order chi connectivity index (χ1) is 8.39. The lowest BCUT2D eigenvalue weighted by atomic mass is 10.1. The van der Waals surface area contributed by atoms with Gasteiger partial charge >= 0.3 is 0 Å². The Morgan fingerprint density at radius 2 is 1.65 bits per heavy atom. The van der Waals surface area contributed by atoms with Gasteiger partial charge in [0, 0.05) is 6.61 Å². The molecule has 3 heteroatoms. The van der Waals surface area contributed by atoms with Crippen molar-refractivity contribution < 1.29 is 9.53 Å². The van der Waals surface area contributed by atoms with Crippen LogP contribution in [-0.2, 0) is 9.53 Å². The molecule has 0 aliphatic carbocycles. The summed E-state index contributed by atoms with van der Waals surface area (Å²) in [4.78, 5) is 11.3. The minimum Gasteiger partial charge on any atom is -0.381 e. The van der Waals surface area contributed by atoms with Crippen molar-refractivity contribution in [3.8, 4) is 0 Å². The molecule has 98 valence electrons. The highest BCUT2D eigenvalue weighted by atomic mass is 16.5. The van der Waals surface area contributed by atoms with Gasteiger partial charge in [0.05, 0.1) is 13.0 Å². The molecule has 0 spiro atoms. The molecular weight excluding hydrogens is 214 g/mol. The van der Waals surface area contributed by atoms with Crippen molar-refractivity contribution in [3.05, 3.63) is 12.3 Å². The van der Waals surface area contributed by atoms with Crippen molar-refractivity contribution in [2.75, 3.05) is 13.2 Å². The maximum absolute atomic E-state index is 11.3. The number of hydrogen-bond acceptors (Lipinski definition) is 2. The van der Waals surface area contributed by atoms with E-state index in [1.165, 1.54) is 38.5 Å². The van der Waals surface area contributed by atoms with Gasteiger partial charge in [-0.05, 0) is 25.5 Å². The SMILES string of the molecule is O=C1CCOCCCCCCCCC/C=C/N1. The zero-order valence-corrected chi connectivity index (χ0v) is 10.7. The molecule has 0 fully saturated rings. The summed E-state index contributed by atoms with van der Waals surface area (Å²) < 4.78 is 5.42. The lowest BCUT2D eigenvalue weighted by molar-refractivity contribution is -0.121. The first-order valence-electron chi connectivity index (χ1n) is 6.92. The Bertz CT molecular complexity index is 226. The third kappa shape index (κ3) is 8.93. The molecule has 1 aliphatic heterocycles. The Hall–Kier alpha value is -0.830. The van der Waals surface area contributed by atoms with Crippen LogP contribution in [0.5, 0.6) is 0 Å². The first-order valence-corrected chi connectivity index (χ1v) is 6.92. The molecular formula is C14H25NO2. The second-order valence-electron chi connectivity index (χ2n) is 4.60. The molecule has 0 atom stereocenters. The van der Waals surface area contributed by atoms with E-state index in [1.54, 1.807) is 6.20 Å². The third-order valence-electron chi connectivity index (χ3n) is 3.00. The highest BCUT2D eigenvalue weighted by molar-refractivity contribution is 5.76. The molecule has 1 rings (SSSR count). The topological polar surface area (TPSA) is 38.3 Å². The van der Waals surface area contributed by atoms with Crippen LogP contribution in [0.15, 0.2) is 12.3 Å². The van der Waals surface area contributed by atoms with Gasteiger partial charge in [-0.25, -0.2) is 0 Å². The number of amides is 1. The molecule has 0 aromatic heterocycles. The van der Waals surface area contributed by atoms with E-state index in [4.69, 9.17) is 4.74 Å². The van der Waals surface area contributed by atoms with Gasteiger partial charge in [-0.2, -0.15) is 0 Å². The van der Waals surface area contributed by atoms with Crippen LogP contribution in [0.1, 0.15) is 57.8 Å². The molecule has 0 aromatic carbocycles. The fourth-order valence-electron chi connectivity index (χ4n) is 1.92. The van der Waals surface area contributed by atoms with E-state index >= 15 is 0 Å². The molecule has 0 aromatic rings. The molecule has 1 aliphatic rings. The number of carbonyl (C=O) groups excluding carboxylic acids is 1. The normalized spacial score (nSPS) is 23.9. The molecule has 1 N–H and O–H groups in total. The summed E-state index contributed by atoms with van der Waals surface area (Å²) in [6, 6.07) is 0. The summed E-state index contributed by atoms with van der Waals surface area (Å²) in [6.45, 7) is 1.34. The molecule has 0 saturated carbocycles. The Labute approximate surface area is 105 Å². The zero-order chi connectivity index (χ0) is 12.2. The number of rotatable bonds is 0. The number of allylic oxidation sites excluding steroid dienone is 1. The van der Waals surface area contributed by atoms with Gasteiger partial charge in [0.15, 0.2) is 0 Å². The molecule has 1 amide bonds. The van der Waals surface area contributed by atoms with Crippen LogP contribution < -0.4 is 5.32 Å². The van der Waals surface area contributed by atoms with Crippen molar-refractivity contribution in [2.45, 2.75) is 57.8 Å². The molecule has 17 heavy (non-hydrogen) atoms. The van der Waals surface area contributed by atoms with Crippen LogP contribution in [0, 0.1) is 0 Å². The Balaban J connectivity index is 2.19. The summed E-state index contributed by atoms with van der Waals surface area (Å²) >= 11 is 0. The Morgan fingerprint density at radius 1 is 0.941 bits per heavy atom. The molecule has 0 bridgehead atoms. The van der Waals surface area contributed by atoms with Gasteiger partial charge in [-0.1, -0.05) is 38.2 Å². The minimum atomic E-state index is 0.0494. The fraction of sp³-hybridized carbons (Fsp3) is 0.786. The smallest absolute Gasteiger partial charge is 0.226 e. The Morgan fingerprint density at radius 3 is 2.47 bits per heavy atom. The van der Waals surface area contributed by atoms with E-state index in [9.17, 15) is 4.79 Å². The van der Waals surface area contributed by atoms with E-state index in [1.807, 2.05) is 6.08 Å². The van der Waals surface area contributed by atoms with Crippen molar-refractivity contribution in [1.82, 2.24) is 5.32 Å². The molecule has 3 nitrogen and oxygen atoms in total. The third-order valence-corrected chi connectivity index (χ3v) is 3.00. The quantitative estimate of drug-likeness (QED) is 0.705. The molecule has 0 unspecified atom stereocenters. The second kappa shape index (κ2) is 10.3. The fourth-order valence-corrected chi connectivity index (χ4v) is 1.92. The predicted molar refractivity (Wildman–Crippen MR) is 69.7 cm³/mol. The van der Waals surface area contributed by atoms with E-state index in [0.29, 0.717) is 13.0 Å². The molecule has 0 saturated heterocycles. The first kappa shape index (κ1) is 14.2. The van der Waals surface area contributed by atoms with Crippen LogP contribution in [-0.4, -0.2) is 19.1 Å². The van der Waals surface area contributed by atoms with Crippen molar-refractivity contribution in [1.29, 1.82) is 0 Å². The number of carbonyl (C=O) groups is 1. The predicted octanol–water partition coefficient (Wildman–Crippen LogP) is 3.16. The van der Waals surface area contributed by atoms with Gasteiger partial charge in [-0.3, -0.25) is 4.79 Å². The van der Waals surface area contributed by atoms with Crippen LogP contribution in [0.4, 0.5) is 0 Å². The van der Waals surface area contributed by atoms with Gasteiger partial charge in [0.1, 0.15) is 0 Å². The van der Waals surface area contributed by atoms with E-state index in [0.717, 1.165) is 19.4 Å². The van der Waals surface area contributed by atoms with Gasteiger partial charge in [0.25, 0.3) is 0 Å². The summed E-state index contributed by atoms with van der Waals surface area (Å²) in [5.41, 5.74) is 0. The van der Waals surface area contributed by atoms with Crippen molar-refractivity contribution in [2.24, 2.45) is 0 Å². The van der Waals surface area contributed by atoms with Crippen LogP contribution >= 0.6 is 0 Å². The maximum atomic E-state index is 11.3. The maximum Gasteiger partial charge on any atom is 0.226 e. The Kier molecular flexibility index (Phi) is 8.65. The van der Waals surface area contributed by atoms with E-state index < -0.39 is 0 Å². The average Bonchev–Trinajstić information content (AvgIpc) is 2.32. The second-order valence-corrected chi connectivity index (χ2v) is 4.60. The van der Waals surface area contributed by atoms with E-state index in [-0.39, 0.29) is 5.91 Å². The largest absolute Gasteiger partial charge is 0.381 e. The summed E-state index contributed by atoms with van der Waals surface area (Å²) in [6.07, 6.45) is 14.3. The molecule has 1 heterocycles. The summed E-state index contributed by atoms with van der Waals surface area (Å²) in [5.74, 6) is 0.0494. The van der Waals surface area contributed by atoms with E-state index in [2.05, 4.69) is 5.32 Å². The minimum absolute atomic E-state index is 0.0494. The standard InChI is InChI=1S/C14H25NO2/c16-14-10-13-17-12-9-7-5-3-1-2-4-6-8-11-15-14/h8,11H,1-7,9-10,12-13H2,(H,15,16)/b11-8+. The van der Waals surface area contributed by atoms with Crippen LogP contribution in [0.2, 0.25) is 0 Å². The van der Waals surface area contributed by atoms with Crippen LogP contribution in [0.25, 0.3) is 0 Å². The van der Waals surface area contributed by atoms with Crippen LogP contribution in [0.3, 0.4) is 0 Å². The molecule has 0 radical (unpaired) electrons. The van der Waals surface area contributed by atoms with Gasteiger partial charge < -0.3 is 10.1 Å². The summed E-state index contributed by atoms with van der Waals surface area (Å²) in [7, 11) is 0. The lowest BCUT2D eigenvalue weighted by Gasteiger charge is -2.05. The zero-order valence-electron chi connectivity index (χ0n) is 10.7.